The van der Waals surface area contributed by atoms with Crippen LogP contribution in [-0.2, 0) is 17.8 Å². The van der Waals surface area contributed by atoms with Crippen molar-refractivity contribution in [3.8, 4) is 0 Å². The van der Waals surface area contributed by atoms with Gasteiger partial charge < -0.3 is 5.32 Å². The SMILES string of the molecule is Cc1ccc(Cc2cnc(NC(=O)Cn3cc([N+](=O)[O-])ccc3=O)s2)cc1F. The lowest BCUT2D eigenvalue weighted by atomic mass is 10.1. The molecule has 0 aliphatic heterocycles. The highest BCUT2D eigenvalue weighted by atomic mass is 32.1. The largest absolute Gasteiger partial charge is 0.300 e. The molecule has 0 unspecified atom stereocenters. The first-order valence-electron chi connectivity index (χ1n) is 8.16. The van der Waals surface area contributed by atoms with Crippen molar-refractivity contribution in [1.29, 1.82) is 0 Å². The van der Waals surface area contributed by atoms with E-state index in [9.17, 15) is 24.1 Å². The molecule has 1 aromatic carbocycles. The predicted molar refractivity (Wildman–Crippen MR) is 102 cm³/mol. The van der Waals surface area contributed by atoms with Crippen LogP contribution in [0.25, 0.3) is 0 Å². The highest BCUT2D eigenvalue weighted by Gasteiger charge is 2.12. The zero-order valence-corrected chi connectivity index (χ0v) is 15.5. The summed E-state index contributed by atoms with van der Waals surface area (Å²) in [6.45, 7) is 1.31. The van der Waals surface area contributed by atoms with Crippen LogP contribution >= 0.6 is 11.3 Å². The number of thiazole rings is 1. The van der Waals surface area contributed by atoms with E-state index in [1.165, 1.54) is 17.4 Å². The molecular weight excluding hydrogens is 387 g/mol. The molecule has 1 N–H and O–H groups in total. The maximum absolute atomic E-state index is 13.6. The molecule has 0 saturated heterocycles. The molecule has 3 rings (SSSR count). The third-order valence-corrected chi connectivity index (χ3v) is 4.82. The molecule has 28 heavy (non-hydrogen) atoms. The summed E-state index contributed by atoms with van der Waals surface area (Å²) in [7, 11) is 0. The second-order valence-electron chi connectivity index (χ2n) is 6.05. The first kappa shape index (κ1) is 19.4. The third-order valence-electron chi connectivity index (χ3n) is 3.91. The number of nitrogens with zero attached hydrogens (tertiary/aromatic N) is 3. The first-order valence-corrected chi connectivity index (χ1v) is 8.98. The smallest absolute Gasteiger partial charge is 0.285 e. The maximum Gasteiger partial charge on any atom is 0.285 e. The Morgan fingerprint density at radius 1 is 1.36 bits per heavy atom. The second kappa shape index (κ2) is 8.09. The van der Waals surface area contributed by atoms with Gasteiger partial charge in [-0.25, -0.2) is 9.37 Å². The Kier molecular flexibility index (Phi) is 5.59. The molecule has 0 aliphatic rings. The molecule has 2 heterocycles. The summed E-state index contributed by atoms with van der Waals surface area (Å²) >= 11 is 1.23. The van der Waals surface area contributed by atoms with E-state index in [2.05, 4.69) is 10.3 Å². The summed E-state index contributed by atoms with van der Waals surface area (Å²) in [5.41, 5.74) is 0.543. The van der Waals surface area contributed by atoms with Crippen molar-refractivity contribution in [3.63, 3.8) is 0 Å². The molecular formula is C18H15FN4O4S. The van der Waals surface area contributed by atoms with Crippen molar-refractivity contribution in [2.45, 2.75) is 19.9 Å². The number of hydrogen-bond acceptors (Lipinski definition) is 6. The summed E-state index contributed by atoms with van der Waals surface area (Å²) in [6, 6.07) is 7.10. The number of aryl methyl sites for hydroxylation is 1. The molecule has 0 spiro atoms. The number of rotatable bonds is 6. The normalized spacial score (nSPS) is 10.6. The molecule has 0 radical (unpaired) electrons. The fourth-order valence-electron chi connectivity index (χ4n) is 2.46. The molecule has 2 aromatic heterocycles. The van der Waals surface area contributed by atoms with Gasteiger partial charge in [-0.3, -0.25) is 24.3 Å². The van der Waals surface area contributed by atoms with Crippen molar-refractivity contribution < 1.29 is 14.1 Å². The number of halogens is 1. The molecule has 1 amide bonds. The van der Waals surface area contributed by atoms with Gasteiger partial charge >= 0.3 is 0 Å². The molecule has 0 fully saturated rings. The molecule has 0 bridgehead atoms. The monoisotopic (exact) mass is 402 g/mol. The molecule has 0 aliphatic carbocycles. The van der Waals surface area contributed by atoms with Gasteiger partial charge in [0.05, 0.1) is 11.1 Å². The Balaban J connectivity index is 1.65. The summed E-state index contributed by atoms with van der Waals surface area (Å²) in [6.07, 6.45) is 3.06. The summed E-state index contributed by atoms with van der Waals surface area (Å²) in [4.78, 5) is 39.0. The Morgan fingerprint density at radius 3 is 2.86 bits per heavy atom. The van der Waals surface area contributed by atoms with Crippen LogP contribution in [0.1, 0.15) is 16.0 Å². The van der Waals surface area contributed by atoms with Gasteiger partial charge in [0.25, 0.3) is 11.2 Å². The van der Waals surface area contributed by atoms with Gasteiger partial charge in [0.15, 0.2) is 5.13 Å². The van der Waals surface area contributed by atoms with Gasteiger partial charge in [-0.05, 0) is 24.1 Å². The average molecular weight is 402 g/mol. The van der Waals surface area contributed by atoms with Crippen molar-refractivity contribution >= 4 is 28.1 Å². The van der Waals surface area contributed by atoms with Crippen LogP contribution in [0.4, 0.5) is 15.2 Å². The summed E-state index contributed by atoms with van der Waals surface area (Å²) in [5, 5.41) is 13.7. The lowest BCUT2D eigenvalue weighted by Gasteiger charge is -2.05. The van der Waals surface area contributed by atoms with Crippen molar-refractivity contribution in [2.24, 2.45) is 0 Å². The maximum atomic E-state index is 13.6. The standard InChI is InChI=1S/C18H15FN4O4S/c1-11-2-3-12(7-15(11)19)6-14-8-20-18(28-14)21-16(24)10-22-9-13(23(26)27)4-5-17(22)25/h2-5,7-9H,6,10H2,1H3,(H,20,21,24). The molecule has 10 heteroatoms. The predicted octanol–water partition coefficient (Wildman–Crippen LogP) is 2.89. The van der Waals surface area contributed by atoms with Gasteiger partial charge in [0.2, 0.25) is 5.91 Å². The van der Waals surface area contributed by atoms with E-state index >= 15 is 0 Å². The number of pyridine rings is 1. The Bertz CT molecular complexity index is 1110. The number of amides is 1. The summed E-state index contributed by atoms with van der Waals surface area (Å²) < 4.78 is 14.6. The van der Waals surface area contributed by atoms with Crippen LogP contribution in [0.5, 0.6) is 0 Å². The van der Waals surface area contributed by atoms with Crippen molar-refractivity contribution in [3.05, 3.63) is 85.0 Å². The Hall–Kier alpha value is -3.40. The number of nitro groups is 1. The van der Waals surface area contributed by atoms with Gasteiger partial charge in [-0.2, -0.15) is 0 Å². The third kappa shape index (κ3) is 4.65. The lowest BCUT2D eigenvalue weighted by molar-refractivity contribution is -0.385. The molecule has 0 saturated carbocycles. The van der Waals surface area contributed by atoms with Gasteiger partial charge in [-0.15, -0.1) is 11.3 Å². The lowest BCUT2D eigenvalue weighted by Crippen LogP contribution is -2.26. The quantitative estimate of drug-likeness (QED) is 0.504. The Labute approximate surface area is 162 Å². The van der Waals surface area contributed by atoms with E-state index in [-0.39, 0.29) is 18.0 Å². The van der Waals surface area contributed by atoms with Crippen LogP contribution in [0.2, 0.25) is 0 Å². The van der Waals surface area contributed by atoms with Crippen LogP contribution < -0.4 is 10.9 Å². The highest BCUT2D eigenvalue weighted by molar-refractivity contribution is 7.15. The zero-order valence-electron chi connectivity index (χ0n) is 14.7. The van der Waals surface area contributed by atoms with Crippen molar-refractivity contribution in [1.82, 2.24) is 9.55 Å². The highest BCUT2D eigenvalue weighted by Crippen LogP contribution is 2.22. The van der Waals surface area contributed by atoms with Crippen LogP contribution in [0, 0.1) is 22.9 Å². The van der Waals surface area contributed by atoms with Gasteiger partial charge in [0.1, 0.15) is 12.4 Å². The number of nitrogens with one attached hydrogen (secondary N) is 1. The van der Waals surface area contributed by atoms with Gasteiger partial charge in [0, 0.05) is 29.6 Å². The van der Waals surface area contributed by atoms with E-state index < -0.39 is 16.4 Å². The van der Waals surface area contributed by atoms with Crippen molar-refractivity contribution in [2.75, 3.05) is 5.32 Å². The van der Waals surface area contributed by atoms with E-state index in [0.717, 1.165) is 33.3 Å². The van der Waals surface area contributed by atoms with E-state index in [0.29, 0.717) is 17.1 Å². The van der Waals surface area contributed by atoms with E-state index in [1.807, 2.05) is 6.07 Å². The van der Waals surface area contributed by atoms with E-state index in [1.54, 1.807) is 19.2 Å². The van der Waals surface area contributed by atoms with Crippen LogP contribution in [0.3, 0.4) is 0 Å². The Morgan fingerprint density at radius 2 is 2.14 bits per heavy atom. The topological polar surface area (TPSA) is 107 Å². The first-order chi connectivity index (χ1) is 13.3. The summed E-state index contributed by atoms with van der Waals surface area (Å²) in [5.74, 6) is -0.817. The minimum atomic E-state index is -0.644. The number of anilines is 1. The average Bonchev–Trinajstić information content (AvgIpc) is 3.06. The van der Waals surface area contributed by atoms with E-state index in [4.69, 9.17) is 0 Å². The minimum absolute atomic E-state index is 0.280. The second-order valence-corrected chi connectivity index (χ2v) is 7.17. The number of carbonyl (C=O) groups is 1. The fraction of sp³-hybridized carbons (Fsp3) is 0.167. The molecule has 8 nitrogen and oxygen atoms in total. The number of benzene rings is 1. The number of aromatic nitrogens is 2. The fourth-order valence-corrected chi connectivity index (χ4v) is 3.32. The van der Waals surface area contributed by atoms with Crippen LogP contribution in [0.15, 0.2) is 47.5 Å². The number of carbonyl (C=O) groups excluding carboxylic acids is 1. The zero-order chi connectivity index (χ0) is 20.3. The minimum Gasteiger partial charge on any atom is -0.300 e. The molecule has 144 valence electrons. The van der Waals surface area contributed by atoms with Gasteiger partial charge in [-0.1, -0.05) is 12.1 Å². The van der Waals surface area contributed by atoms with Crippen LogP contribution in [-0.4, -0.2) is 20.4 Å². The molecule has 0 atom stereocenters. The number of hydrogen-bond donors (Lipinski definition) is 1. The molecule has 3 aromatic rings.